The summed E-state index contributed by atoms with van der Waals surface area (Å²) in [4.78, 5) is 2.41. The number of nitrogens with one attached hydrogen (secondary N) is 1. The molecule has 1 aliphatic rings. The number of hydrogen-bond acceptors (Lipinski definition) is 3. The lowest BCUT2D eigenvalue weighted by Gasteiger charge is -2.17. The minimum atomic E-state index is 0.709. The summed E-state index contributed by atoms with van der Waals surface area (Å²) in [6.45, 7) is 8.70. The van der Waals surface area contributed by atoms with Crippen LogP contribution >= 0.6 is 0 Å². The molecule has 90 valence electrons. The van der Waals surface area contributed by atoms with E-state index in [1.807, 2.05) is 10.9 Å². The van der Waals surface area contributed by atoms with Crippen molar-refractivity contribution in [3.05, 3.63) is 12.4 Å². The van der Waals surface area contributed by atoms with E-state index in [4.69, 9.17) is 0 Å². The van der Waals surface area contributed by atoms with E-state index in [9.17, 15) is 0 Å². The van der Waals surface area contributed by atoms with Crippen LogP contribution in [0.1, 0.15) is 26.7 Å². The van der Waals surface area contributed by atoms with Crippen molar-refractivity contribution in [2.75, 3.05) is 25.0 Å². The molecule has 1 saturated carbocycles. The van der Waals surface area contributed by atoms with Crippen LogP contribution in [0.2, 0.25) is 0 Å². The summed E-state index contributed by atoms with van der Waals surface area (Å²) in [5.74, 6) is 0. The van der Waals surface area contributed by atoms with Crippen molar-refractivity contribution >= 4 is 5.69 Å². The van der Waals surface area contributed by atoms with Gasteiger partial charge in [0.2, 0.25) is 0 Å². The summed E-state index contributed by atoms with van der Waals surface area (Å²) < 4.78 is 2.03. The highest BCUT2D eigenvalue weighted by atomic mass is 15.3. The fourth-order valence-electron chi connectivity index (χ4n) is 1.81. The smallest absolute Gasteiger partial charge is 0.0728 e. The van der Waals surface area contributed by atoms with Crippen molar-refractivity contribution in [3.63, 3.8) is 0 Å². The van der Waals surface area contributed by atoms with E-state index in [0.717, 1.165) is 26.2 Å². The lowest BCUT2D eigenvalue weighted by molar-refractivity contribution is 0.285. The highest BCUT2D eigenvalue weighted by molar-refractivity contribution is 5.40. The molecule has 1 N–H and O–H groups in total. The summed E-state index contributed by atoms with van der Waals surface area (Å²) >= 11 is 0. The van der Waals surface area contributed by atoms with Crippen LogP contribution < -0.4 is 5.32 Å². The first-order valence-electron chi connectivity index (χ1n) is 6.33. The monoisotopic (exact) mass is 222 g/mol. The van der Waals surface area contributed by atoms with Crippen molar-refractivity contribution in [1.29, 1.82) is 0 Å². The highest BCUT2D eigenvalue weighted by Crippen LogP contribution is 2.24. The summed E-state index contributed by atoms with van der Waals surface area (Å²) in [5, 5.41) is 7.82. The zero-order valence-electron chi connectivity index (χ0n) is 10.3. The topological polar surface area (TPSA) is 33.1 Å². The van der Waals surface area contributed by atoms with Gasteiger partial charge in [-0.15, -0.1) is 0 Å². The van der Waals surface area contributed by atoms with E-state index in [1.54, 1.807) is 0 Å². The number of rotatable bonds is 7. The third-order valence-corrected chi connectivity index (χ3v) is 3.12. The molecule has 0 amide bonds. The average molecular weight is 222 g/mol. The van der Waals surface area contributed by atoms with Gasteiger partial charge in [0, 0.05) is 18.8 Å². The predicted molar refractivity (Wildman–Crippen MR) is 66.7 cm³/mol. The molecule has 1 aromatic heterocycles. The molecule has 0 radical (unpaired) electrons. The second-order valence-corrected chi connectivity index (χ2v) is 4.44. The molecule has 0 aromatic carbocycles. The van der Waals surface area contributed by atoms with E-state index in [2.05, 4.69) is 35.4 Å². The first kappa shape index (κ1) is 11.5. The van der Waals surface area contributed by atoms with Crippen molar-refractivity contribution in [2.24, 2.45) is 0 Å². The third-order valence-electron chi connectivity index (χ3n) is 3.12. The fourth-order valence-corrected chi connectivity index (χ4v) is 1.81. The van der Waals surface area contributed by atoms with Gasteiger partial charge in [-0.05, 0) is 25.9 Å². The van der Waals surface area contributed by atoms with E-state index in [1.165, 1.54) is 18.5 Å². The molecule has 0 atom stereocenters. The summed E-state index contributed by atoms with van der Waals surface area (Å²) in [5.41, 5.74) is 1.17. The van der Waals surface area contributed by atoms with Crippen molar-refractivity contribution in [2.45, 2.75) is 39.3 Å². The van der Waals surface area contributed by atoms with Crippen LogP contribution in [0.25, 0.3) is 0 Å². The van der Waals surface area contributed by atoms with Crippen molar-refractivity contribution < 1.29 is 0 Å². The molecule has 0 unspecified atom stereocenters. The Morgan fingerprint density at radius 1 is 1.44 bits per heavy atom. The Morgan fingerprint density at radius 3 is 2.81 bits per heavy atom. The van der Waals surface area contributed by atoms with Gasteiger partial charge in [-0.2, -0.15) is 5.10 Å². The molecule has 4 nitrogen and oxygen atoms in total. The molecule has 0 aliphatic heterocycles. The van der Waals surface area contributed by atoms with E-state index >= 15 is 0 Å². The standard InChI is InChI=1S/C12H22N4/c1-3-15(4-2)7-8-16-10-12(9-13-16)14-11-5-6-11/h9-11,14H,3-8H2,1-2H3. The van der Waals surface area contributed by atoms with Crippen LogP contribution in [0, 0.1) is 0 Å². The maximum atomic E-state index is 4.37. The van der Waals surface area contributed by atoms with Gasteiger partial charge in [-0.25, -0.2) is 0 Å². The van der Waals surface area contributed by atoms with Gasteiger partial charge in [0.25, 0.3) is 0 Å². The van der Waals surface area contributed by atoms with Crippen LogP contribution in [-0.4, -0.2) is 40.4 Å². The lowest BCUT2D eigenvalue weighted by Crippen LogP contribution is -2.27. The zero-order chi connectivity index (χ0) is 11.4. The van der Waals surface area contributed by atoms with E-state index in [0.29, 0.717) is 6.04 Å². The number of hydrogen-bond donors (Lipinski definition) is 1. The van der Waals surface area contributed by atoms with Gasteiger partial charge in [-0.1, -0.05) is 13.8 Å². The maximum Gasteiger partial charge on any atom is 0.0728 e. The second kappa shape index (κ2) is 5.34. The Hall–Kier alpha value is -1.03. The van der Waals surface area contributed by atoms with Crippen LogP contribution in [0.5, 0.6) is 0 Å². The Kier molecular flexibility index (Phi) is 3.83. The molecule has 1 aromatic rings. The fraction of sp³-hybridized carbons (Fsp3) is 0.750. The minimum Gasteiger partial charge on any atom is -0.380 e. The quantitative estimate of drug-likeness (QED) is 0.763. The van der Waals surface area contributed by atoms with Gasteiger partial charge in [0.1, 0.15) is 0 Å². The first-order chi connectivity index (χ1) is 7.81. The Morgan fingerprint density at radius 2 is 2.19 bits per heavy atom. The normalized spacial score (nSPS) is 15.7. The first-order valence-corrected chi connectivity index (χ1v) is 6.33. The van der Waals surface area contributed by atoms with Crippen LogP contribution in [0.3, 0.4) is 0 Å². The SMILES string of the molecule is CCN(CC)CCn1cc(NC2CC2)cn1. The Bertz CT molecular complexity index is 313. The zero-order valence-corrected chi connectivity index (χ0v) is 10.3. The van der Waals surface area contributed by atoms with E-state index in [-0.39, 0.29) is 0 Å². The molecule has 4 heteroatoms. The van der Waals surface area contributed by atoms with Gasteiger partial charge in [0.15, 0.2) is 0 Å². The summed E-state index contributed by atoms with van der Waals surface area (Å²) in [6, 6.07) is 0.709. The minimum absolute atomic E-state index is 0.709. The molecule has 2 rings (SSSR count). The lowest BCUT2D eigenvalue weighted by atomic mass is 10.4. The van der Waals surface area contributed by atoms with Crippen LogP contribution in [-0.2, 0) is 6.54 Å². The van der Waals surface area contributed by atoms with Gasteiger partial charge in [-0.3, -0.25) is 4.68 Å². The summed E-state index contributed by atoms with van der Waals surface area (Å²) in [7, 11) is 0. The molecule has 0 spiro atoms. The van der Waals surface area contributed by atoms with Crippen LogP contribution in [0.4, 0.5) is 5.69 Å². The Labute approximate surface area is 97.6 Å². The number of nitrogens with zero attached hydrogens (tertiary/aromatic N) is 3. The molecule has 1 fully saturated rings. The van der Waals surface area contributed by atoms with E-state index < -0.39 is 0 Å². The number of aromatic nitrogens is 2. The second-order valence-electron chi connectivity index (χ2n) is 4.44. The van der Waals surface area contributed by atoms with Gasteiger partial charge in [0.05, 0.1) is 18.4 Å². The highest BCUT2D eigenvalue weighted by Gasteiger charge is 2.21. The number of anilines is 1. The van der Waals surface area contributed by atoms with Crippen molar-refractivity contribution in [1.82, 2.24) is 14.7 Å². The number of likely N-dealkylation sites (N-methyl/N-ethyl adjacent to an activating group) is 1. The largest absolute Gasteiger partial charge is 0.380 e. The maximum absolute atomic E-state index is 4.37. The molecular formula is C12H22N4. The summed E-state index contributed by atoms with van der Waals surface area (Å²) in [6.07, 6.45) is 6.66. The molecule has 0 bridgehead atoms. The van der Waals surface area contributed by atoms with Crippen molar-refractivity contribution in [3.8, 4) is 0 Å². The molecular weight excluding hydrogens is 200 g/mol. The van der Waals surface area contributed by atoms with Crippen LogP contribution in [0.15, 0.2) is 12.4 Å². The predicted octanol–water partition coefficient (Wildman–Crippen LogP) is 1.80. The molecule has 1 aliphatic carbocycles. The molecule has 1 heterocycles. The Balaban J connectivity index is 1.77. The van der Waals surface area contributed by atoms with Gasteiger partial charge < -0.3 is 10.2 Å². The average Bonchev–Trinajstić information content (AvgIpc) is 2.99. The molecule has 0 saturated heterocycles. The molecule has 16 heavy (non-hydrogen) atoms. The van der Waals surface area contributed by atoms with Gasteiger partial charge >= 0.3 is 0 Å². The third kappa shape index (κ3) is 3.23.